The van der Waals surface area contributed by atoms with Crippen molar-refractivity contribution in [1.82, 2.24) is 30.1 Å². The van der Waals surface area contributed by atoms with Crippen molar-refractivity contribution in [1.29, 1.82) is 0 Å². The third-order valence-corrected chi connectivity index (χ3v) is 7.19. The van der Waals surface area contributed by atoms with E-state index in [9.17, 15) is 4.79 Å². The summed E-state index contributed by atoms with van der Waals surface area (Å²) in [6.45, 7) is 6.72. The summed E-state index contributed by atoms with van der Waals surface area (Å²) in [5, 5.41) is 14.0. The fraction of sp³-hybridized carbons (Fsp3) is 0.600. The first-order valence-electron chi connectivity index (χ1n) is 12.5. The van der Waals surface area contributed by atoms with E-state index >= 15 is 0 Å². The molecule has 8 nitrogen and oxygen atoms in total. The predicted molar refractivity (Wildman–Crippen MR) is 127 cm³/mol. The van der Waals surface area contributed by atoms with Gasteiger partial charge in [0.1, 0.15) is 11.8 Å². The first kappa shape index (κ1) is 22.1. The van der Waals surface area contributed by atoms with Gasteiger partial charge in [0.25, 0.3) is 5.56 Å². The topological polar surface area (TPSA) is 88.9 Å². The zero-order valence-electron chi connectivity index (χ0n) is 19.7. The summed E-state index contributed by atoms with van der Waals surface area (Å²) in [5.41, 5.74) is 1.44. The normalized spacial score (nSPS) is 21.3. The molecule has 2 atom stereocenters. The lowest BCUT2D eigenvalue weighted by Gasteiger charge is -2.37. The van der Waals surface area contributed by atoms with Crippen LogP contribution >= 0.6 is 0 Å². The molecule has 0 amide bonds. The lowest BCUT2D eigenvalue weighted by atomic mass is 9.93. The minimum Gasteiger partial charge on any atom is -0.494 e. The molecule has 0 radical (unpaired) electrons. The van der Waals surface area contributed by atoms with E-state index in [1.54, 1.807) is 0 Å². The molecule has 2 aliphatic rings. The maximum absolute atomic E-state index is 13.4. The van der Waals surface area contributed by atoms with Gasteiger partial charge in [-0.1, -0.05) is 26.2 Å². The Balaban J connectivity index is 1.62. The maximum atomic E-state index is 13.4. The van der Waals surface area contributed by atoms with E-state index in [1.807, 2.05) is 35.9 Å². The van der Waals surface area contributed by atoms with Crippen LogP contribution in [0.1, 0.15) is 82.3 Å². The molecule has 0 unspecified atom stereocenters. The molecule has 2 fully saturated rings. The largest absolute Gasteiger partial charge is 0.494 e. The Bertz CT molecular complexity index is 1150. The highest BCUT2D eigenvalue weighted by Crippen LogP contribution is 2.35. The molecule has 1 saturated heterocycles. The summed E-state index contributed by atoms with van der Waals surface area (Å²) in [5.74, 6) is 2.17. The van der Waals surface area contributed by atoms with Crippen LogP contribution in [0.5, 0.6) is 5.75 Å². The second-order valence-electron chi connectivity index (χ2n) is 9.65. The van der Waals surface area contributed by atoms with Gasteiger partial charge < -0.3 is 9.72 Å². The van der Waals surface area contributed by atoms with Gasteiger partial charge in [-0.05, 0) is 79.8 Å². The summed E-state index contributed by atoms with van der Waals surface area (Å²) < 4.78 is 7.72. The lowest BCUT2D eigenvalue weighted by molar-refractivity contribution is 0.138. The molecule has 1 aliphatic heterocycles. The number of benzene rings is 1. The van der Waals surface area contributed by atoms with Crippen molar-refractivity contribution >= 4 is 10.9 Å². The highest BCUT2D eigenvalue weighted by Gasteiger charge is 2.34. The minimum atomic E-state index is -0.270. The zero-order valence-corrected chi connectivity index (χ0v) is 19.7. The van der Waals surface area contributed by atoms with Crippen LogP contribution in [0.2, 0.25) is 0 Å². The zero-order chi connectivity index (χ0) is 22.8. The van der Waals surface area contributed by atoms with Crippen molar-refractivity contribution in [2.75, 3.05) is 19.7 Å². The van der Waals surface area contributed by atoms with Crippen molar-refractivity contribution < 1.29 is 4.74 Å². The molecular weight excluding hydrogens is 416 g/mol. The fourth-order valence-electron chi connectivity index (χ4n) is 5.59. The number of fused-ring (bicyclic) bond motifs is 1. The van der Waals surface area contributed by atoms with Crippen LogP contribution < -0.4 is 10.3 Å². The molecule has 176 valence electrons. The number of nitrogens with zero attached hydrogens (tertiary/aromatic N) is 5. The van der Waals surface area contributed by atoms with E-state index < -0.39 is 0 Å². The first-order chi connectivity index (χ1) is 16.1. The van der Waals surface area contributed by atoms with E-state index in [4.69, 9.17) is 4.74 Å². The molecule has 33 heavy (non-hydrogen) atoms. The van der Waals surface area contributed by atoms with Crippen molar-refractivity contribution in [3.63, 3.8) is 0 Å². The average molecular weight is 451 g/mol. The smallest absolute Gasteiger partial charge is 0.253 e. The molecule has 0 bridgehead atoms. The molecule has 1 saturated carbocycles. The predicted octanol–water partition coefficient (Wildman–Crippen LogP) is 4.24. The number of aromatic nitrogens is 5. The van der Waals surface area contributed by atoms with Crippen LogP contribution in [0.15, 0.2) is 29.1 Å². The van der Waals surface area contributed by atoms with Crippen LogP contribution in [0, 0.1) is 5.92 Å². The van der Waals surface area contributed by atoms with E-state index in [0.717, 1.165) is 54.8 Å². The maximum Gasteiger partial charge on any atom is 0.253 e. The second-order valence-corrected chi connectivity index (χ2v) is 9.65. The molecule has 1 N–H and O–H groups in total. The van der Waals surface area contributed by atoms with Gasteiger partial charge in [0.05, 0.1) is 12.6 Å². The molecule has 0 spiro atoms. The number of ether oxygens (including phenoxy) is 1. The number of piperidine rings is 1. The fourth-order valence-corrected chi connectivity index (χ4v) is 5.59. The van der Waals surface area contributed by atoms with Gasteiger partial charge in [-0.25, -0.2) is 4.68 Å². The van der Waals surface area contributed by atoms with Gasteiger partial charge in [0.15, 0.2) is 5.82 Å². The molecule has 3 aromatic rings. The van der Waals surface area contributed by atoms with Gasteiger partial charge in [0, 0.05) is 23.0 Å². The summed E-state index contributed by atoms with van der Waals surface area (Å²) >= 11 is 0. The quantitative estimate of drug-likeness (QED) is 0.604. The van der Waals surface area contributed by atoms with Crippen molar-refractivity contribution in [3.05, 3.63) is 46.0 Å². The third-order valence-electron chi connectivity index (χ3n) is 7.19. The van der Waals surface area contributed by atoms with E-state index in [2.05, 4.69) is 32.3 Å². The van der Waals surface area contributed by atoms with Crippen molar-refractivity contribution in [3.8, 4) is 5.75 Å². The Morgan fingerprint density at radius 3 is 2.79 bits per heavy atom. The molecule has 2 aromatic heterocycles. The highest BCUT2D eigenvalue weighted by atomic mass is 16.5. The van der Waals surface area contributed by atoms with Gasteiger partial charge in [-0.2, -0.15) is 0 Å². The SMILES string of the molecule is CCOc1ccc2[nH]c(=O)c([C@H](c3nnnn3C3CCCCC3)N3CCC[C@@H](C)C3)cc2c1. The first-order valence-corrected chi connectivity index (χ1v) is 12.5. The van der Waals surface area contributed by atoms with Gasteiger partial charge in [0.2, 0.25) is 0 Å². The number of rotatable bonds is 6. The summed E-state index contributed by atoms with van der Waals surface area (Å²) in [4.78, 5) is 18.9. The van der Waals surface area contributed by atoms with Crippen LogP contribution in [-0.2, 0) is 0 Å². The average Bonchev–Trinajstić information content (AvgIpc) is 3.30. The summed E-state index contributed by atoms with van der Waals surface area (Å²) in [7, 11) is 0. The Morgan fingerprint density at radius 2 is 2.00 bits per heavy atom. The van der Waals surface area contributed by atoms with Crippen LogP contribution in [0.4, 0.5) is 0 Å². The molecule has 1 aliphatic carbocycles. The van der Waals surface area contributed by atoms with Crippen molar-refractivity contribution in [2.45, 2.75) is 70.9 Å². The molecular formula is C25H34N6O2. The third kappa shape index (κ3) is 4.53. The van der Waals surface area contributed by atoms with Crippen LogP contribution in [0.25, 0.3) is 10.9 Å². The Hall–Kier alpha value is -2.74. The standard InChI is InChI=1S/C25H34N6O2/c1-3-33-20-11-12-22-18(14-20)15-21(25(32)26-22)23(30-13-7-8-17(2)16-30)24-27-28-29-31(24)19-9-5-4-6-10-19/h11-12,14-15,17,19,23H,3-10,13,16H2,1-2H3,(H,26,32)/t17-,23-/m1/s1. The van der Waals surface area contributed by atoms with Gasteiger partial charge in [-0.15, -0.1) is 5.10 Å². The molecule has 3 heterocycles. The Morgan fingerprint density at radius 1 is 1.15 bits per heavy atom. The van der Waals surface area contributed by atoms with Gasteiger partial charge in [-0.3, -0.25) is 9.69 Å². The van der Waals surface area contributed by atoms with E-state index in [1.165, 1.54) is 25.7 Å². The summed E-state index contributed by atoms with van der Waals surface area (Å²) in [6.07, 6.45) is 8.18. The van der Waals surface area contributed by atoms with E-state index in [-0.39, 0.29) is 11.6 Å². The number of nitrogens with one attached hydrogen (secondary N) is 1. The Kier molecular flexibility index (Phi) is 6.44. The molecule has 5 rings (SSSR count). The number of likely N-dealkylation sites (tertiary alicyclic amines) is 1. The monoisotopic (exact) mass is 450 g/mol. The second kappa shape index (κ2) is 9.63. The number of tetrazole rings is 1. The number of hydrogen-bond acceptors (Lipinski definition) is 6. The van der Waals surface area contributed by atoms with E-state index in [0.29, 0.717) is 24.1 Å². The highest BCUT2D eigenvalue weighted by molar-refractivity contribution is 5.80. The molecule has 1 aromatic carbocycles. The Labute approximate surface area is 194 Å². The number of hydrogen-bond donors (Lipinski definition) is 1. The van der Waals surface area contributed by atoms with Crippen LogP contribution in [0.3, 0.4) is 0 Å². The lowest BCUT2D eigenvalue weighted by Crippen LogP contribution is -2.41. The minimum absolute atomic E-state index is 0.0759. The number of pyridine rings is 1. The summed E-state index contributed by atoms with van der Waals surface area (Å²) in [6, 6.07) is 7.86. The van der Waals surface area contributed by atoms with Crippen molar-refractivity contribution in [2.24, 2.45) is 5.92 Å². The van der Waals surface area contributed by atoms with Gasteiger partial charge >= 0.3 is 0 Å². The number of aromatic amines is 1. The van der Waals surface area contributed by atoms with Crippen LogP contribution in [-0.4, -0.2) is 49.8 Å². The number of H-pyrrole nitrogens is 1. The molecule has 8 heteroatoms.